The molecule has 20 heavy (non-hydrogen) atoms. The molecule has 0 aromatic heterocycles. The number of β-amino-alcohol motifs (C(OH)–C–C–N with tert-alkyl or cyclic N) is 1. The SMILES string of the molecule is CC.CNC#CCN1CCC(O)C1.Fc1ccccc1. The predicted octanol–water partition coefficient (Wildman–Crippen LogP) is 2.09. The van der Waals surface area contributed by atoms with Crippen molar-refractivity contribution in [3.05, 3.63) is 36.1 Å². The second-order valence-corrected chi connectivity index (χ2v) is 4.02. The van der Waals surface area contributed by atoms with Crippen molar-refractivity contribution in [2.24, 2.45) is 0 Å². The molecule has 1 fully saturated rings. The lowest BCUT2D eigenvalue weighted by Crippen LogP contribution is -2.22. The van der Waals surface area contributed by atoms with Gasteiger partial charge in [0.15, 0.2) is 0 Å². The standard InChI is InChI=1S/C8H14N2O.C6H5F.C2H6/c1-9-4-2-5-10-6-3-8(11)7-10;7-6-4-2-1-3-5-6;1-2/h8-9,11H,3,5-7H2,1H3;1-5H;1-2H3. The molecule has 112 valence electrons. The highest BCUT2D eigenvalue weighted by atomic mass is 19.1. The maximum Gasteiger partial charge on any atom is 0.123 e. The summed E-state index contributed by atoms with van der Waals surface area (Å²) in [5.41, 5.74) is 0. The Labute approximate surface area is 121 Å². The lowest BCUT2D eigenvalue weighted by Gasteiger charge is -2.08. The van der Waals surface area contributed by atoms with Crippen LogP contribution in [0, 0.1) is 17.8 Å². The fourth-order valence-corrected chi connectivity index (χ4v) is 1.61. The van der Waals surface area contributed by atoms with Crippen molar-refractivity contribution >= 4 is 0 Å². The Bertz CT molecular complexity index is 386. The smallest absolute Gasteiger partial charge is 0.123 e. The number of halogens is 1. The van der Waals surface area contributed by atoms with Crippen LogP contribution in [0.1, 0.15) is 20.3 Å². The molecule has 1 aromatic rings. The van der Waals surface area contributed by atoms with Gasteiger partial charge in [0.2, 0.25) is 0 Å². The maximum absolute atomic E-state index is 11.9. The Morgan fingerprint density at radius 1 is 1.35 bits per heavy atom. The van der Waals surface area contributed by atoms with E-state index >= 15 is 0 Å². The molecule has 1 atom stereocenters. The number of nitrogens with zero attached hydrogens (tertiary/aromatic N) is 1. The van der Waals surface area contributed by atoms with Crippen molar-refractivity contribution in [1.82, 2.24) is 10.2 Å². The summed E-state index contributed by atoms with van der Waals surface area (Å²) in [5, 5.41) is 11.9. The molecule has 0 spiro atoms. The van der Waals surface area contributed by atoms with Gasteiger partial charge in [-0.2, -0.15) is 0 Å². The second-order valence-electron chi connectivity index (χ2n) is 4.02. The molecule has 2 rings (SSSR count). The van der Waals surface area contributed by atoms with E-state index in [9.17, 15) is 4.39 Å². The number of likely N-dealkylation sites (tertiary alicyclic amines) is 1. The van der Waals surface area contributed by atoms with Gasteiger partial charge in [-0.15, -0.1) is 0 Å². The van der Waals surface area contributed by atoms with E-state index < -0.39 is 0 Å². The Morgan fingerprint density at radius 3 is 2.40 bits per heavy atom. The van der Waals surface area contributed by atoms with Gasteiger partial charge in [0.05, 0.1) is 12.6 Å². The first-order valence-corrected chi connectivity index (χ1v) is 6.98. The summed E-state index contributed by atoms with van der Waals surface area (Å²) in [6.45, 7) is 6.51. The average molecular weight is 280 g/mol. The molecule has 1 aromatic carbocycles. The Kier molecular flexibility index (Phi) is 11.5. The number of hydrogen-bond donors (Lipinski definition) is 2. The molecule has 3 nitrogen and oxygen atoms in total. The van der Waals surface area contributed by atoms with Crippen molar-refractivity contribution in [3.63, 3.8) is 0 Å². The minimum absolute atomic E-state index is 0.133. The Hall–Kier alpha value is -1.57. The zero-order valence-corrected chi connectivity index (χ0v) is 12.6. The quantitative estimate of drug-likeness (QED) is 0.611. The van der Waals surface area contributed by atoms with Gasteiger partial charge in [-0.3, -0.25) is 4.90 Å². The minimum Gasteiger partial charge on any atom is -0.392 e. The summed E-state index contributed by atoms with van der Waals surface area (Å²) in [6.07, 6.45) is 0.757. The van der Waals surface area contributed by atoms with E-state index in [1.165, 1.54) is 12.1 Å². The summed E-state index contributed by atoms with van der Waals surface area (Å²) < 4.78 is 11.9. The van der Waals surface area contributed by atoms with E-state index in [0.717, 1.165) is 26.1 Å². The first kappa shape index (κ1) is 18.4. The molecule has 0 saturated carbocycles. The molecule has 0 bridgehead atoms. The molecule has 1 saturated heterocycles. The molecule has 0 radical (unpaired) electrons. The van der Waals surface area contributed by atoms with Crippen molar-refractivity contribution in [1.29, 1.82) is 0 Å². The molecule has 1 heterocycles. The fraction of sp³-hybridized carbons (Fsp3) is 0.500. The summed E-state index contributed by atoms with van der Waals surface area (Å²) in [4.78, 5) is 2.15. The molecule has 0 aliphatic carbocycles. The Morgan fingerprint density at radius 2 is 2.00 bits per heavy atom. The molecule has 2 N–H and O–H groups in total. The third-order valence-electron chi connectivity index (χ3n) is 2.50. The third kappa shape index (κ3) is 9.37. The monoisotopic (exact) mass is 280 g/mol. The number of hydrogen-bond acceptors (Lipinski definition) is 3. The van der Waals surface area contributed by atoms with Crippen LogP contribution < -0.4 is 5.32 Å². The lowest BCUT2D eigenvalue weighted by atomic mass is 10.3. The van der Waals surface area contributed by atoms with Gasteiger partial charge >= 0.3 is 0 Å². The van der Waals surface area contributed by atoms with Gasteiger partial charge in [0.25, 0.3) is 0 Å². The number of aliphatic hydroxyl groups is 1. The third-order valence-corrected chi connectivity index (χ3v) is 2.50. The average Bonchev–Trinajstić information content (AvgIpc) is 2.89. The van der Waals surface area contributed by atoms with Crippen LogP contribution in [0.2, 0.25) is 0 Å². The molecule has 0 amide bonds. The van der Waals surface area contributed by atoms with Gasteiger partial charge < -0.3 is 10.4 Å². The zero-order chi connectivity index (χ0) is 15.2. The van der Waals surface area contributed by atoms with E-state index in [0.29, 0.717) is 0 Å². The fourth-order valence-electron chi connectivity index (χ4n) is 1.61. The molecular weight excluding hydrogens is 255 g/mol. The molecule has 1 unspecified atom stereocenters. The number of rotatable bonds is 1. The summed E-state index contributed by atoms with van der Waals surface area (Å²) in [5.74, 6) is 2.77. The van der Waals surface area contributed by atoms with Gasteiger partial charge in [-0.1, -0.05) is 38.0 Å². The second kappa shape index (κ2) is 12.5. The maximum atomic E-state index is 11.9. The molecule has 1 aliphatic heterocycles. The van der Waals surface area contributed by atoms with Crippen LogP contribution in [-0.2, 0) is 0 Å². The van der Waals surface area contributed by atoms with E-state index in [-0.39, 0.29) is 11.9 Å². The number of benzene rings is 1. The first-order chi connectivity index (χ1) is 9.72. The van der Waals surface area contributed by atoms with Gasteiger partial charge in [0, 0.05) is 26.2 Å². The van der Waals surface area contributed by atoms with Crippen LogP contribution in [0.15, 0.2) is 30.3 Å². The van der Waals surface area contributed by atoms with E-state index in [4.69, 9.17) is 5.11 Å². The van der Waals surface area contributed by atoms with Crippen LogP contribution in [0.4, 0.5) is 4.39 Å². The van der Waals surface area contributed by atoms with Gasteiger partial charge in [-0.05, 0) is 18.6 Å². The lowest BCUT2D eigenvalue weighted by molar-refractivity contribution is 0.180. The predicted molar refractivity (Wildman–Crippen MR) is 81.6 cm³/mol. The minimum atomic E-state index is -0.178. The first-order valence-electron chi connectivity index (χ1n) is 6.98. The van der Waals surface area contributed by atoms with Gasteiger partial charge in [-0.25, -0.2) is 4.39 Å². The van der Waals surface area contributed by atoms with Crippen LogP contribution in [-0.4, -0.2) is 42.8 Å². The molecular formula is C16H25FN2O. The highest BCUT2D eigenvalue weighted by Gasteiger charge is 2.18. The summed E-state index contributed by atoms with van der Waals surface area (Å²) in [7, 11) is 1.80. The normalized spacial score (nSPS) is 16.8. The topological polar surface area (TPSA) is 35.5 Å². The van der Waals surface area contributed by atoms with Crippen molar-refractivity contribution < 1.29 is 9.50 Å². The van der Waals surface area contributed by atoms with Crippen molar-refractivity contribution in [2.75, 3.05) is 26.7 Å². The Balaban J connectivity index is 0.000000345. The van der Waals surface area contributed by atoms with E-state index in [1.54, 1.807) is 25.2 Å². The van der Waals surface area contributed by atoms with Crippen molar-refractivity contribution in [2.45, 2.75) is 26.4 Å². The zero-order valence-electron chi connectivity index (χ0n) is 12.6. The van der Waals surface area contributed by atoms with Crippen LogP contribution in [0.5, 0.6) is 0 Å². The summed E-state index contributed by atoms with van der Waals surface area (Å²) >= 11 is 0. The highest BCUT2D eigenvalue weighted by Crippen LogP contribution is 2.06. The van der Waals surface area contributed by atoms with Gasteiger partial charge in [0.1, 0.15) is 5.82 Å². The highest BCUT2D eigenvalue weighted by molar-refractivity contribution is 5.02. The largest absolute Gasteiger partial charge is 0.392 e. The molecule has 1 aliphatic rings. The molecule has 4 heteroatoms. The van der Waals surface area contributed by atoms with Crippen LogP contribution in [0.25, 0.3) is 0 Å². The summed E-state index contributed by atoms with van der Waals surface area (Å²) in [6, 6.07) is 10.7. The number of aliphatic hydroxyl groups excluding tert-OH is 1. The van der Waals surface area contributed by atoms with E-state index in [2.05, 4.69) is 22.2 Å². The van der Waals surface area contributed by atoms with E-state index in [1.807, 2.05) is 13.8 Å². The van der Waals surface area contributed by atoms with Crippen molar-refractivity contribution in [3.8, 4) is 12.0 Å². The van der Waals surface area contributed by atoms with Crippen LogP contribution in [0.3, 0.4) is 0 Å². The number of nitrogens with one attached hydrogen (secondary N) is 1. The van der Waals surface area contributed by atoms with Crippen LogP contribution >= 0.6 is 0 Å².